The lowest BCUT2D eigenvalue weighted by atomic mass is 9.46. The fraction of sp³-hybridized carbons (Fsp3) is 0.556. The maximum Gasteiger partial charge on any atom is 0.411 e. The van der Waals surface area contributed by atoms with E-state index in [2.05, 4.69) is 17.6 Å². The number of benzene rings is 1. The summed E-state index contributed by atoms with van der Waals surface area (Å²) < 4.78 is 11.1. The second-order valence-electron chi connectivity index (χ2n) is 10.5. The fourth-order valence-electron chi connectivity index (χ4n) is 6.45. The summed E-state index contributed by atoms with van der Waals surface area (Å²) in [4.78, 5) is 25.4. The zero-order valence-corrected chi connectivity index (χ0v) is 20.4. The maximum atomic E-state index is 12.8. The average Bonchev–Trinajstić information content (AvgIpc) is 3.36. The van der Waals surface area contributed by atoms with Crippen molar-refractivity contribution in [2.45, 2.75) is 64.7 Å². The molecule has 8 heteroatoms. The van der Waals surface area contributed by atoms with Crippen LogP contribution >= 0.6 is 0 Å². The Balaban J connectivity index is 1.46. The van der Waals surface area contributed by atoms with Gasteiger partial charge in [-0.2, -0.15) is 0 Å². The minimum Gasteiger partial charge on any atom is -0.467 e. The summed E-state index contributed by atoms with van der Waals surface area (Å²) in [5.41, 5.74) is -0.429. The molecule has 1 aromatic carbocycles. The number of hydrogen-bond donors (Lipinski definition) is 4. The van der Waals surface area contributed by atoms with Crippen molar-refractivity contribution < 1.29 is 29.0 Å². The molecule has 1 aromatic heterocycles. The molecule has 1 heterocycles. The van der Waals surface area contributed by atoms with Crippen LogP contribution in [0.25, 0.3) is 0 Å². The molecule has 2 amide bonds. The first-order valence-electron chi connectivity index (χ1n) is 12.4. The van der Waals surface area contributed by atoms with Crippen molar-refractivity contribution in [2.75, 3.05) is 11.9 Å². The molecule has 2 aliphatic carbocycles. The Kier molecular flexibility index (Phi) is 7.52. The van der Waals surface area contributed by atoms with Crippen molar-refractivity contribution >= 4 is 17.7 Å². The van der Waals surface area contributed by atoms with Gasteiger partial charge in [0.25, 0.3) is 0 Å². The summed E-state index contributed by atoms with van der Waals surface area (Å²) in [6, 6.07) is 12.7. The van der Waals surface area contributed by atoms with Crippen molar-refractivity contribution in [1.82, 2.24) is 5.32 Å². The predicted octanol–water partition coefficient (Wildman–Crippen LogP) is 4.09. The number of carbonyl (C=O) groups is 2. The van der Waals surface area contributed by atoms with E-state index in [1.54, 1.807) is 30.5 Å². The molecule has 6 unspecified atom stereocenters. The van der Waals surface area contributed by atoms with E-state index in [9.17, 15) is 19.8 Å². The zero-order valence-electron chi connectivity index (χ0n) is 20.4. The van der Waals surface area contributed by atoms with E-state index in [1.165, 1.54) is 0 Å². The largest absolute Gasteiger partial charge is 0.467 e. The van der Waals surface area contributed by atoms with E-state index < -0.39 is 23.7 Å². The number of rotatable bonds is 7. The number of furan rings is 1. The smallest absolute Gasteiger partial charge is 0.411 e. The zero-order chi connectivity index (χ0) is 25.1. The van der Waals surface area contributed by atoms with Gasteiger partial charge in [-0.15, -0.1) is 0 Å². The standard InChI is InChI=1S/C27H36N2O6/c1-26-13-12-23(35-25(33)29-18-7-4-3-5-8-18)27(2,17-30)22(26)11-10-21(31)20(26)15-24(32)28-16-19-9-6-14-34-19/h3-9,14,20-23,30-31H,10-13,15-17H2,1-2H3,(H,28,32)(H,29,33). The van der Waals surface area contributed by atoms with Gasteiger partial charge >= 0.3 is 6.09 Å². The summed E-state index contributed by atoms with van der Waals surface area (Å²) in [5, 5.41) is 27.1. The van der Waals surface area contributed by atoms with Crippen LogP contribution in [0.1, 0.15) is 51.7 Å². The number of hydrogen-bond acceptors (Lipinski definition) is 6. The number of fused-ring (bicyclic) bond motifs is 1. The van der Waals surface area contributed by atoms with Crippen molar-refractivity contribution in [1.29, 1.82) is 0 Å². The molecular weight excluding hydrogens is 448 g/mol. The van der Waals surface area contributed by atoms with Crippen LogP contribution in [0.15, 0.2) is 53.1 Å². The highest BCUT2D eigenvalue weighted by atomic mass is 16.6. The van der Waals surface area contributed by atoms with Gasteiger partial charge < -0.3 is 24.7 Å². The molecule has 190 valence electrons. The monoisotopic (exact) mass is 484 g/mol. The van der Waals surface area contributed by atoms with Gasteiger partial charge in [0.2, 0.25) is 5.91 Å². The van der Waals surface area contributed by atoms with Gasteiger partial charge in [-0.05, 0) is 67.2 Å². The lowest BCUT2D eigenvalue weighted by Gasteiger charge is -2.60. The van der Waals surface area contributed by atoms with Crippen LogP contribution in [0.4, 0.5) is 10.5 Å². The molecule has 0 bridgehead atoms. The molecule has 6 atom stereocenters. The fourth-order valence-corrected chi connectivity index (χ4v) is 6.45. The number of carbonyl (C=O) groups excluding carboxylic acids is 2. The first kappa shape index (κ1) is 25.3. The Hall–Kier alpha value is -2.84. The third-order valence-corrected chi connectivity index (χ3v) is 8.39. The third kappa shape index (κ3) is 5.23. The predicted molar refractivity (Wildman–Crippen MR) is 130 cm³/mol. The molecule has 4 N–H and O–H groups in total. The molecule has 2 aromatic rings. The molecular formula is C27H36N2O6. The summed E-state index contributed by atoms with van der Waals surface area (Å²) in [7, 11) is 0. The van der Waals surface area contributed by atoms with E-state index in [4.69, 9.17) is 9.15 Å². The molecule has 0 spiro atoms. The lowest BCUT2D eigenvalue weighted by Crippen LogP contribution is -2.61. The van der Waals surface area contributed by atoms with E-state index in [-0.39, 0.29) is 36.2 Å². The summed E-state index contributed by atoms with van der Waals surface area (Å²) in [6.07, 6.45) is 2.59. The van der Waals surface area contributed by atoms with Gasteiger partial charge in [-0.25, -0.2) is 4.79 Å². The minimum atomic E-state index is -0.690. The van der Waals surface area contributed by atoms with Crippen molar-refractivity contribution in [2.24, 2.45) is 22.7 Å². The maximum absolute atomic E-state index is 12.8. The second kappa shape index (κ2) is 10.4. The van der Waals surface area contributed by atoms with Crippen molar-refractivity contribution in [3.8, 4) is 0 Å². The highest BCUT2D eigenvalue weighted by Crippen LogP contribution is 2.61. The number of anilines is 1. The van der Waals surface area contributed by atoms with Gasteiger partial charge in [0.1, 0.15) is 11.9 Å². The van der Waals surface area contributed by atoms with E-state index in [1.807, 2.05) is 25.1 Å². The van der Waals surface area contributed by atoms with Crippen LogP contribution < -0.4 is 10.6 Å². The third-order valence-electron chi connectivity index (χ3n) is 8.39. The van der Waals surface area contributed by atoms with Gasteiger partial charge in [-0.1, -0.05) is 32.0 Å². The van der Waals surface area contributed by atoms with Crippen molar-refractivity contribution in [3.63, 3.8) is 0 Å². The number of nitrogens with one attached hydrogen (secondary N) is 2. The first-order chi connectivity index (χ1) is 16.8. The summed E-state index contributed by atoms with van der Waals surface area (Å²) in [6.45, 7) is 4.22. The lowest BCUT2D eigenvalue weighted by molar-refractivity contribution is -0.185. The Morgan fingerprint density at radius 3 is 2.57 bits per heavy atom. The Morgan fingerprint density at radius 2 is 1.89 bits per heavy atom. The number of aliphatic hydroxyl groups excluding tert-OH is 2. The number of para-hydroxylation sites is 1. The Morgan fingerprint density at radius 1 is 1.11 bits per heavy atom. The van der Waals surface area contributed by atoms with Crippen LogP contribution in [0.2, 0.25) is 0 Å². The van der Waals surface area contributed by atoms with Crippen LogP contribution in [0, 0.1) is 22.7 Å². The van der Waals surface area contributed by atoms with Crippen LogP contribution in [-0.4, -0.2) is 41.0 Å². The van der Waals surface area contributed by atoms with Crippen LogP contribution in [0.5, 0.6) is 0 Å². The SMILES string of the molecule is CC1(CO)C(OC(=O)Nc2ccccc2)CCC2(C)C(CC(=O)NCc3ccco3)C(O)CCC12. The first-order valence-corrected chi connectivity index (χ1v) is 12.4. The molecule has 2 aliphatic rings. The van der Waals surface area contributed by atoms with Crippen molar-refractivity contribution in [3.05, 3.63) is 54.5 Å². The quantitative estimate of drug-likeness (QED) is 0.470. The molecule has 0 aliphatic heterocycles. The second-order valence-corrected chi connectivity index (χ2v) is 10.5. The van der Waals surface area contributed by atoms with Crippen LogP contribution in [0.3, 0.4) is 0 Å². The topological polar surface area (TPSA) is 121 Å². The van der Waals surface area contributed by atoms with Gasteiger partial charge in [-0.3, -0.25) is 10.1 Å². The number of ether oxygens (including phenoxy) is 1. The number of amides is 2. The van der Waals surface area contributed by atoms with Gasteiger partial charge in [0, 0.05) is 17.5 Å². The molecule has 0 saturated heterocycles. The molecule has 8 nitrogen and oxygen atoms in total. The van der Waals surface area contributed by atoms with Gasteiger partial charge in [0.05, 0.1) is 25.5 Å². The normalized spacial score (nSPS) is 32.3. The average molecular weight is 485 g/mol. The summed E-state index contributed by atoms with van der Waals surface area (Å²) in [5.74, 6) is 0.252. The highest BCUT2D eigenvalue weighted by molar-refractivity contribution is 5.84. The molecule has 2 fully saturated rings. The van der Waals surface area contributed by atoms with Gasteiger partial charge in [0.15, 0.2) is 0 Å². The van der Waals surface area contributed by atoms with Crippen LogP contribution in [-0.2, 0) is 16.1 Å². The van der Waals surface area contributed by atoms with E-state index in [0.29, 0.717) is 43.7 Å². The Bertz CT molecular complexity index is 996. The molecule has 4 rings (SSSR count). The number of aliphatic hydroxyl groups is 2. The van der Waals surface area contributed by atoms with E-state index >= 15 is 0 Å². The minimum absolute atomic E-state index is 0.0189. The molecule has 35 heavy (non-hydrogen) atoms. The summed E-state index contributed by atoms with van der Waals surface area (Å²) >= 11 is 0. The molecule has 0 radical (unpaired) electrons. The Labute approximate surface area is 206 Å². The molecule has 2 saturated carbocycles. The van der Waals surface area contributed by atoms with E-state index in [0.717, 1.165) is 0 Å². The highest BCUT2D eigenvalue weighted by Gasteiger charge is 2.60.